The van der Waals surface area contributed by atoms with E-state index in [1.54, 1.807) is 0 Å². The number of likely N-dealkylation sites (tertiary alicyclic amines) is 1. The molecule has 122 valence electrons. The van der Waals surface area contributed by atoms with Gasteiger partial charge in [-0.05, 0) is 45.8 Å². The molecule has 3 aliphatic rings. The molecule has 4 unspecified atom stereocenters. The fourth-order valence-corrected chi connectivity index (χ4v) is 5.11. The molecule has 0 amide bonds. The number of nitrogens with two attached hydrogens (primary N) is 1. The van der Waals surface area contributed by atoms with E-state index >= 15 is 0 Å². The molecule has 0 aromatic heterocycles. The van der Waals surface area contributed by atoms with Gasteiger partial charge in [-0.15, -0.1) is 0 Å². The largest absolute Gasteiger partial charge is 0.377 e. The topological polar surface area (TPSA) is 41.7 Å². The monoisotopic (exact) mass is 295 g/mol. The van der Waals surface area contributed by atoms with Crippen LogP contribution >= 0.6 is 0 Å². The highest BCUT2D eigenvalue weighted by molar-refractivity contribution is 5.20. The van der Waals surface area contributed by atoms with Crippen LogP contribution in [0.1, 0.15) is 33.1 Å². The predicted octanol–water partition coefficient (Wildman–Crippen LogP) is 1.40. The number of nitrogens with zero attached hydrogens (tertiary/aromatic N) is 2. The number of hydrogen-bond acceptors (Lipinski definition) is 4. The first-order chi connectivity index (χ1) is 9.84. The van der Waals surface area contributed by atoms with Gasteiger partial charge in [-0.25, -0.2) is 0 Å². The Bertz CT molecular complexity index is 386. The molecule has 2 saturated heterocycles. The lowest BCUT2D eigenvalue weighted by Crippen LogP contribution is -2.80. The van der Waals surface area contributed by atoms with Crippen molar-refractivity contribution >= 4 is 0 Å². The van der Waals surface area contributed by atoms with Gasteiger partial charge in [0.2, 0.25) is 0 Å². The van der Waals surface area contributed by atoms with Crippen molar-refractivity contribution in [2.24, 2.45) is 23.0 Å². The van der Waals surface area contributed by atoms with Crippen molar-refractivity contribution in [1.82, 2.24) is 9.80 Å². The Morgan fingerprint density at radius 2 is 2.10 bits per heavy atom. The Labute approximate surface area is 130 Å². The summed E-state index contributed by atoms with van der Waals surface area (Å²) in [5.41, 5.74) is 6.92. The van der Waals surface area contributed by atoms with Crippen LogP contribution in [0, 0.1) is 17.3 Å². The summed E-state index contributed by atoms with van der Waals surface area (Å²) in [5, 5.41) is 0. The van der Waals surface area contributed by atoms with Crippen LogP contribution in [0.5, 0.6) is 0 Å². The van der Waals surface area contributed by atoms with Gasteiger partial charge in [0.15, 0.2) is 0 Å². The minimum absolute atomic E-state index is 0.0860. The molecule has 4 nitrogen and oxygen atoms in total. The van der Waals surface area contributed by atoms with Crippen LogP contribution in [0.25, 0.3) is 0 Å². The van der Waals surface area contributed by atoms with Gasteiger partial charge in [-0.1, -0.05) is 13.8 Å². The minimum atomic E-state index is -0.0860. The second-order valence-electron chi connectivity index (χ2n) is 8.42. The Morgan fingerprint density at radius 3 is 2.76 bits per heavy atom. The average Bonchev–Trinajstić information content (AvgIpc) is 2.83. The number of ether oxygens (including phenoxy) is 1. The van der Waals surface area contributed by atoms with Gasteiger partial charge in [-0.3, -0.25) is 0 Å². The van der Waals surface area contributed by atoms with Crippen molar-refractivity contribution < 1.29 is 4.74 Å². The Morgan fingerprint density at radius 1 is 1.33 bits per heavy atom. The summed E-state index contributed by atoms with van der Waals surface area (Å²) in [5.74, 6) is 1.36. The summed E-state index contributed by atoms with van der Waals surface area (Å²) in [6, 6.07) is 0. The van der Waals surface area contributed by atoms with Crippen LogP contribution < -0.4 is 5.73 Å². The molecule has 0 aromatic carbocycles. The van der Waals surface area contributed by atoms with Crippen molar-refractivity contribution in [3.8, 4) is 0 Å². The molecule has 3 fully saturated rings. The second-order valence-corrected chi connectivity index (χ2v) is 8.42. The van der Waals surface area contributed by atoms with E-state index in [0.29, 0.717) is 12.0 Å². The summed E-state index contributed by atoms with van der Waals surface area (Å²) in [7, 11) is 4.48. The molecule has 1 aliphatic carbocycles. The van der Waals surface area contributed by atoms with Gasteiger partial charge >= 0.3 is 0 Å². The average molecular weight is 295 g/mol. The number of likely N-dealkylation sites (N-methyl/N-ethyl adjacent to an activating group) is 1. The summed E-state index contributed by atoms with van der Waals surface area (Å²) in [6.07, 6.45) is 4.12. The summed E-state index contributed by atoms with van der Waals surface area (Å²) in [6.45, 7) is 10.2. The molecule has 4 heteroatoms. The maximum Gasteiger partial charge on any atom is 0.0690 e. The van der Waals surface area contributed by atoms with Crippen molar-refractivity contribution in [3.05, 3.63) is 0 Å². The van der Waals surface area contributed by atoms with Crippen LogP contribution in [-0.2, 0) is 4.74 Å². The van der Waals surface area contributed by atoms with Crippen molar-refractivity contribution in [3.63, 3.8) is 0 Å². The third kappa shape index (κ3) is 2.54. The van der Waals surface area contributed by atoms with Gasteiger partial charge in [0.05, 0.1) is 6.10 Å². The lowest BCUT2D eigenvalue weighted by Gasteiger charge is -2.67. The van der Waals surface area contributed by atoms with Crippen molar-refractivity contribution in [2.75, 3.05) is 46.9 Å². The molecule has 2 aliphatic heterocycles. The molecule has 0 radical (unpaired) electrons. The highest BCUT2D eigenvalue weighted by atomic mass is 16.5. The zero-order valence-electron chi connectivity index (χ0n) is 14.3. The van der Waals surface area contributed by atoms with E-state index in [9.17, 15) is 0 Å². The zero-order chi connectivity index (χ0) is 15.3. The van der Waals surface area contributed by atoms with Gasteiger partial charge < -0.3 is 20.3 Å². The summed E-state index contributed by atoms with van der Waals surface area (Å²) >= 11 is 0. The molecule has 1 saturated carbocycles. The predicted molar refractivity (Wildman–Crippen MR) is 86.3 cm³/mol. The fraction of sp³-hybridized carbons (Fsp3) is 1.00. The first-order valence-corrected chi connectivity index (χ1v) is 8.62. The molecule has 0 aromatic rings. The molecule has 2 N–H and O–H groups in total. The highest BCUT2D eigenvalue weighted by Crippen LogP contribution is 2.57. The standard InChI is InChI=1S/C17H33N3O/c1-16(2)15-14(6-5-9-21-15)17(16,18)12-20(4)11-13-7-8-19(3)10-13/h13-15H,5-12,18H2,1-4H3. The van der Waals surface area contributed by atoms with Gasteiger partial charge in [0, 0.05) is 43.1 Å². The van der Waals surface area contributed by atoms with Crippen LogP contribution in [0.2, 0.25) is 0 Å². The first-order valence-electron chi connectivity index (χ1n) is 8.62. The number of rotatable bonds is 4. The van der Waals surface area contributed by atoms with E-state index < -0.39 is 0 Å². The SMILES string of the molecule is CN1CCC(CN(C)CC2(N)C3CCCOC3C2(C)C)C1. The highest BCUT2D eigenvalue weighted by Gasteiger charge is 2.66. The lowest BCUT2D eigenvalue weighted by molar-refractivity contribution is -0.231. The van der Waals surface area contributed by atoms with Crippen LogP contribution in [0.4, 0.5) is 0 Å². The Balaban J connectivity index is 1.60. The molecule has 0 spiro atoms. The summed E-state index contributed by atoms with van der Waals surface area (Å²) in [4.78, 5) is 4.92. The van der Waals surface area contributed by atoms with E-state index in [1.807, 2.05) is 0 Å². The molecule has 4 atom stereocenters. The maximum atomic E-state index is 6.91. The smallest absolute Gasteiger partial charge is 0.0690 e. The molecular formula is C17H33N3O. The van der Waals surface area contributed by atoms with Gasteiger partial charge in [-0.2, -0.15) is 0 Å². The van der Waals surface area contributed by atoms with E-state index in [-0.39, 0.29) is 11.0 Å². The van der Waals surface area contributed by atoms with Gasteiger partial charge in [0.1, 0.15) is 0 Å². The van der Waals surface area contributed by atoms with E-state index in [4.69, 9.17) is 10.5 Å². The molecule has 0 bridgehead atoms. The number of fused-ring (bicyclic) bond motifs is 1. The third-order valence-electron chi connectivity index (χ3n) is 6.49. The molecule has 21 heavy (non-hydrogen) atoms. The first kappa shape index (κ1) is 15.7. The Kier molecular flexibility index (Phi) is 4.11. The van der Waals surface area contributed by atoms with Crippen LogP contribution in [0.3, 0.4) is 0 Å². The summed E-state index contributed by atoms with van der Waals surface area (Å²) < 4.78 is 6.01. The second kappa shape index (κ2) is 5.48. The fourth-order valence-electron chi connectivity index (χ4n) is 5.11. The van der Waals surface area contributed by atoms with E-state index in [1.165, 1.54) is 38.9 Å². The molecule has 2 heterocycles. The van der Waals surface area contributed by atoms with Crippen molar-refractivity contribution in [1.29, 1.82) is 0 Å². The van der Waals surface area contributed by atoms with Crippen LogP contribution in [0.15, 0.2) is 0 Å². The zero-order valence-corrected chi connectivity index (χ0v) is 14.3. The van der Waals surface area contributed by atoms with E-state index in [2.05, 4.69) is 37.7 Å². The van der Waals surface area contributed by atoms with E-state index in [0.717, 1.165) is 19.1 Å². The Hall–Kier alpha value is -0.160. The third-order valence-corrected chi connectivity index (χ3v) is 6.49. The molecular weight excluding hydrogens is 262 g/mol. The normalized spacial score (nSPS) is 42.9. The maximum absolute atomic E-state index is 6.91. The van der Waals surface area contributed by atoms with Gasteiger partial charge in [0.25, 0.3) is 0 Å². The minimum Gasteiger partial charge on any atom is -0.377 e. The van der Waals surface area contributed by atoms with Crippen LogP contribution in [-0.4, -0.2) is 68.3 Å². The molecule has 3 rings (SSSR count). The quantitative estimate of drug-likeness (QED) is 0.851. The van der Waals surface area contributed by atoms with Crippen molar-refractivity contribution in [2.45, 2.75) is 44.8 Å². The lowest BCUT2D eigenvalue weighted by atomic mass is 9.46. The number of hydrogen-bond donors (Lipinski definition) is 1.